The molecule has 0 aliphatic carbocycles. The van der Waals surface area contributed by atoms with E-state index in [0.717, 1.165) is 5.56 Å². The Bertz CT molecular complexity index is 2280. The molecule has 2 fully saturated rings. The van der Waals surface area contributed by atoms with Gasteiger partial charge in [-0.1, -0.05) is 129 Å². The van der Waals surface area contributed by atoms with Crippen LogP contribution >= 0.6 is 0 Å². The van der Waals surface area contributed by atoms with Crippen LogP contribution in [0.1, 0.15) is 114 Å². The molecule has 13 N–H and O–H groups in total. The molecule has 0 radical (unpaired) electrons. The summed E-state index contributed by atoms with van der Waals surface area (Å²) in [6.45, 7) is 7.13. The number of Topliss-reactive ketones (excluding diaryl/α,β-unsaturated/α-hetero) is 2. The molecule has 0 spiro atoms. The number of fused-ring (bicyclic) bond motifs is 2. The van der Waals surface area contributed by atoms with Crippen LogP contribution in [0.15, 0.2) is 109 Å². The van der Waals surface area contributed by atoms with E-state index in [1.54, 1.807) is 85.0 Å². The van der Waals surface area contributed by atoms with Crippen LogP contribution in [0.2, 0.25) is 0 Å². The lowest BCUT2D eigenvalue weighted by atomic mass is 9.82. The van der Waals surface area contributed by atoms with Crippen molar-refractivity contribution in [2.24, 2.45) is 23.5 Å². The molecule has 0 saturated carbocycles. The number of ketones is 2. The summed E-state index contributed by atoms with van der Waals surface area (Å²) < 4.78 is 23.7. The second-order valence-corrected chi connectivity index (χ2v) is 21.5. The van der Waals surface area contributed by atoms with Crippen LogP contribution in [-0.2, 0) is 33.3 Å². The molecule has 1 aromatic carbocycles. The third kappa shape index (κ3) is 23.3. The number of carboxylic acids is 1. The lowest BCUT2D eigenvalue weighted by Crippen LogP contribution is -2.61. The molecule has 3 aliphatic rings. The highest BCUT2D eigenvalue weighted by Gasteiger charge is 2.51. The molecule has 19 atom stereocenters. The third-order valence-electron chi connectivity index (χ3n) is 14.2. The van der Waals surface area contributed by atoms with Gasteiger partial charge in [0.1, 0.15) is 23.9 Å². The minimum absolute atomic E-state index is 0.0876. The van der Waals surface area contributed by atoms with E-state index in [1.165, 1.54) is 13.0 Å². The van der Waals surface area contributed by atoms with E-state index in [0.29, 0.717) is 12.0 Å². The zero-order chi connectivity index (χ0) is 58.4. The van der Waals surface area contributed by atoms with Gasteiger partial charge in [-0.25, -0.2) is 0 Å². The number of aliphatic hydroxyl groups is 10. The normalized spacial score (nSPS) is 38.4. The predicted molar refractivity (Wildman–Crippen MR) is 290 cm³/mol. The van der Waals surface area contributed by atoms with Crippen LogP contribution in [0.4, 0.5) is 0 Å². The van der Waals surface area contributed by atoms with Gasteiger partial charge in [0.2, 0.25) is 0 Å². The smallest absolute Gasteiger partial charge is 0.311 e. The van der Waals surface area contributed by atoms with Crippen LogP contribution in [-0.4, -0.2) is 177 Å². The number of hydrogen-bond donors (Lipinski definition) is 12. The van der Waals surface area contributed by atoms with Gasteiger partial charge in [-0.3, -0.25) is 19.2 Å². The Morgan fingerprint density at radius 2 is 1.25 bits per heavy atom. The number of nitrogens with two attached hydrogens (primary N) is 1. The Morgan fingerprint density at radius 1 is 0.709 bits per heavy atom. The lowest BCUT2D eigenvalue weighted by Gasteiger charge is -2.45. The molecule has 3 aliphatic heterocycles. The summed E-state index contributed by atoms with van der Waals surface area (Å²) in [5, 5.41) is 119. The molecule has 20 nitrogen and oxygen atoms in total. The van der Waals surface area contributed by atoms with Gasteiger partial charge >= 0.3 is 11.9 Å². The second-order valence-electron chi connectivity index (χ2n) is 21.5. The van der Waals surface area contributed by atoms with Crippen LogP contribution < -0.4 is 5.73 Å². The zero-order valence-electron chi connectivity index (χ0n) is 45.5. The quantitative estimate of drug-likeness (QED) is 0.118. The van der Waals surface area contributed by atoms with E-state index in [4.69, 9.17) is 24.7 Å². The number of cyclic esters (lactones) is 1. The van der Waals surface area contributed by atoms with Crippen molar-refractivity contribution < 1.29 is 94.3 Å². The van der Waals surface area contributed by atoms with Gasteiger partial charge in [0.05, 0.1) is 79.6 Å². The molecule has 2 unspecified atom stereocenters. The Kier molecular flexibility index (Phi) is 28.0. The van der Waals surface area contributed by atoms with Gasteiger partial charge in [0.15, 0.2) is 17.9 Å². The van der Waals surface area contributed by atoms with Crippen molar-refractivity contribution in [2.45, 2.75) is 202 Å². The standard InChI is InChI=1S/C59H85NO19/c1-35-19-22-39(23-20-35)48(68)30-40(61)24-21-37(3)56-36(2)17-15-13-11-9-7-5-6-8-10-12-14-16-18-47(77-58-55(72)53(60)54(71)38(4)76-58)32-50-52(57(73)74)49(69)34-59(75,79-50)33-46(67)29-44(65)27-42(63)25-41(62)26-43(64)28-45(66)31-51(70)78-56/h5-20,22-23,36-38,40-42,44-47,49-50,52-56,58,61-63,65-67,69,71-72,75H,21,24-34,60H2,1-4H3,(H,73,74)/b6-5-,9-7-,10-8+,13-11+,14-12+,17-15+,18-16+/t36-,37-,38+,40?,41+,42-,44-,45+,46-,47-,49-,50?,52+,53-,54+,55-,56-,58-,59+/m0/s1. The summed E-state index contributed by atoms with van der Waals surface area (Å²) in [4.78, 5) is 51.6. The first-order valence-corrected chi connectivity index (χ1v) is 27.2. The second kappa shape index (κ2) is 33.1. The van der Waals surface area contributed by atoms with Crippen molar-refractivity contribution in [3.63, 3.8) is 0 Å². The Labute approximate surface area is 462 Å². The number of rotatable bonds is 10. The average molecular weight is 1110 g/mol. The molecule has 2 bridgehead atoms. The topological polar surface area (TPSA) is 354 Å². The largest absolute Gasteiger partial charge is 0.481 e. The van der Waals surface area contributed by atoms with E-state index in [1.807, 2.05) is 39.0 Å². The maximum absolute atomic E-state index is 13.3. The van der Waals surface area contributed by atoms with E-state index in [9.17, 15) is 75.3 Å². The van der Waals surface area contributed by atoms with Crippen LogP contribution in [0, 0.1) is 24.7 Å². The molecule has 79 heavy (non-hydrogen) atoms. The molecular weight excluding hydrogens is 1030 g/mol. The lowest BCUT2D eigenvalue weighted by molar-refractivity contribution is -0.308. The maximum Gasteiger partial charge on any atom is 0.311 e. The number of aliphatic hydroxyl groups excluding tert-OH is 9. The van der Waals surface area contributed by atoms with Crippen LogP contribution in [0.25, 0.3) is 0 Å². The summed E-state index contributed by atoms with van der Waals surface area (Å²) in [7, 11) is 0. The monoisotopic (exact) mass is 1110 g/mol. The summed E-state index contributed by atoms with van der Waals surface area (Å²) in [5.41, 5.74) is 7.54. The number of carbonyl (C=O) groups excluding carboxylic acids is 3. The first-order valence-electron chi connectivity index (χ1n) is 27.2. The van der Waals surface area contributed by atoms with Crippen molar-refractivity contribution in [2.75, 3.05) is 0 Å². The number of carbonyl (C=O) groups is 4. The van der Waals surface area contributed by atoms with Gasteiger partial charge in [-0.15, -0.1) is 0 Å². The average Bonchev–Trinajstić information content (AvgIpc) is 3.39. The highest BCUT2D eigenvalue weighted by Crippen LogP contribution is 2.38. The van der Waals surface area contributed by atoms with Crippen molar-refractivity contribution >= 4 is 23.5 Å². The molecule has 3 heterocycles. The van der Waals surface area contributed by atoms with Crippen molar-refractivity contribution in [3.05, 3.63) is 120 Å². The number of esters is 1. The molecule has 20 heteroatoms. The molecule has 2 saturated heterocycles. The van der Waals surface area contributed by atoms with Gasteiger partial charge < -0.3 is 80.9 Å². The van der Waals surface area contributed by atoms with E-state index < -0.39 is 172 Å². The highest BCUT2D eigenvalue weighted by molar-refractivity contribution is 5.96. The minimum Gasteiger partial charge on any atom is -0.481 e. The van der Waals surface area contributed by atoms with Gasteiger partial charge in [0, 0.05) is 50.0 Å². The van der Waals surface area contributed by atoms with Crippen molar-refractivity contribution in [3.8, 4) is 0 Å². The number of benzene rings is 1. The maximum atomic E-state index is 13.3. The van der Waals surface area contributed by atoms with Gasteiger partial charge in [-0.2, -0.15) is 0 Å². The number of aryl methyl sites for hydroxylation is 1. The van der Waals surface area contributed by atoms with E-state index >= 15 is 0 Å². The summed E-state index contributed by atoms with van der Waals surface area (Å²) in [6.07, 6.45) is 1.98. The first-order chi connectivity index (χ1) is 37.3. The van der Waals surface area contributed by atoms with E-state index in [-0.39, 0.29) is 36.9 Å². The zero-order valence-corrected chi connectivity index (χ0v) is 45.5. The van der Waals surface area contributed by atoms with Crippen LogP contribution in [0.5, 0.6) is 0 Å². The number of hydrogen-bond acceptors (Lipinski definition) is 19. The highest BCUT2D eigenvalue weighted by atomic mass is 16.7. The third-order valence-corrected chi connectivity index (χ3v) is 14.2. The summed E-state index contributed by atoms with van der Waals surface area (Å²) in [5.74, 6) is -7.70. The van der Waals surface area contributed by atoms with Gasteiger partial charge in [0.25, 0.3) is 0 Å². The van der Waals surface area contributed by atoms with Gasteiger partial charge in [-0.05, 0) is 51.9 Å². The predicted octanol–water partition coefficient (Wildman–Crippen LogP) is 3.01. The minimum atomic E-state index is -2.34. The Balaban J connectivity index is 1.54. The molecule has 4 rings (SSSR count). The Hall–Kier alpha value is -4.88. The van der Waals surface area contributed by atoms with Crippen molar-refractivity contribution in [1.82, 2.24) is 0 Å². The molecular formula is C59H85NO19. The molecule has 0 aromatic heterocycles. The number of aliphatic carboxylic acids is 1. The molecule has 1 aromatic rings. The summed E-state index contributed by atoms with van der Waals surface area (Å²) >= 11 is 0. The number of carboxylic acid groups (broad SMARTS) is 1. The Morgan fingerprint density at radius 3 is 1.85 bits per heavy atom. The molecule has 440 valence electrons. The first kappa shape index (κ1) is 66.6. The number of allylic oxidation sites excluding steroid dienone is 12. The number of ether oxygens (including phenoxy) is 4. The fraction of sp³-hybridized carbons (Fsp3) is 0.593. The molecule has 0 amide bonds. The SMILES string of the molecule is Cc1ccc(C(=O)CC(O)CC[C@H](C)[C@H]2OC(=O)C[C@H](O)CC(=O)C[C@H](O)C[C@H](O)C[C@H](O)C[C@H](O)C[C@]3(O)C[C@H](O)[C@@H](C(=O)O)C(C[C@@H](O[C@@H]4O[C@H](C)[C@@H](O)[C@H](N)[C@@H]4O)/C=C/C=C/C=C/C=C\C=C/C=C/C=C/[C@@H]2C)O3)cc1. The van der Waals surface area contributed by atoms with Crippen LogP contribution in [0.3, 0.4) is 0 Å². The summed E-state index contributed by atoms with van der Waals surface area (Å²) in [6, 6.07) is 5.91. The fourth-order valence-corrected chi connectivity index (χ4v) is 9.97. The van der Waals surface area contributed by atoms with Crippen molar-refractivity contribution in [1.29, 1.82) is 0 Å². The fourth-order valence-electron chi connectivity index (χ4n) is 9.97. The van der Waals surface area contributed by atoms with E-state index in [2.05, 4.69) is 0 Å².